The van der Waals surface area contributed by atoms with Crippen LogP contribution in [0.2, 0.25) is 0 Å². The van der Waals surface area contributed by atoms with Gasteiger partial charge in [-0.2, -0.15) is 4.98 Å². The minimum Gasteiger partial charge on any atom is -0.439 e. The summed E-state index contributed by atoms with van der Waals surface area (Å²) in [4.78, 5) is 32.2. The Balaban J connectivity index is 1.35. The molecule has 3 heterocycles. The normalized spacial score (nSPS) is 22.0. The van der Waals surface area contributed by atoms with E-state index in [1.807, 2.05) is 31.2 Å². The van der Waals surface area contributed by atoms with Crippen molar-refractivity contribution in [2.45, 2.75) is 38.2 Å². The molecule has 0 saturated carbocycles. The number of aryl methyl sites for hydroxylation is 2. The van der Waals surface area contributed by atoms with Gasteiger partial charge in [-0.3, -0.25) is 4.79 Å². The summed E-state index contributed by atoms with van der Waals surface area (Å²) in [6.07, 6.45) is 1.97. The third-order valence-electron chi connectivity index (χ3n) is 5.33. The number of carbonyl (C=O) groups excluding carboxylic acids is 2. The van der Waals surface area contributed by atoms with Gasteiger partial charge in [-0.05, 0) is 25.8 Å². The monoisotopic (exact) mass is 384 g/mol. The van der Waals surface area contributed by atoms with Gasteiger partial charge in [-0.25, -0.2) is 4.79 Å². The Morgan fingerprint density at radius 2 is 2.18 bits per heavy atom. The van der Waals surface area contributed by atoms with Gasteiger partial charge >= 0.3 is 6.09 Å². The molecule has 1 aromatic heterocycles. The highest BCUT2D eigenvalue weighted by Gasteiger charge is 2.47. The molecular weight excluding hydrogens is 360 g/mol. The van der Waals surface area contributed by atoms with Gasteiger partial charge in [0.2, 0.25) is 17.6 Å². The molecule has 0 radical (unpaired) electrons. The summed E-state index contributed by atoms with van der Waals surface area (Å²) >= 11 is 0. The zero-order valence-electron chi connectivity index (χ0n) is 16.2. The van der Waals surface area contributed by atoms with Gasteiger partial charge in [0.05, 0.1) is 13.1 Å². The third-order valence-corrected chi connectivity index (χ3v) is 5.33. The fraction of sp³-hybridized carbons (Fsp3) is 0.500. The van der Waals surface area contributed by atoms with Gasteiger partial charge in [0.25, 0.3) is 0 Å². The number of benzene rings is 1. The molecule has 0 bridgehead atoms. The van der Waals surface area contributed by atoms with Gasteiger partial charge < -0.3 is 19.1 Å². The van der Waals surface area contributed by atoms with E-state index >= 15 is 0 Å². The summed E-state index contributed by atoms with van der Waals surface area (Å²) in [7, 11) is 1.72. The number of likely N-dealkylation sites (N-methyl/N-ethyl adjacent to an activating group) is 1. The molecule has 8 nitrogen and oxygen atoms in total. The first-order chi connectivity index (χ1) is 13.4. The van der Waals surface area contributed by atoms with Crippen LogP contribution in [0.3, 0.4) is 0 Å². The number of rotatable bonds is 4. The Bertz CT molecular complexity index is 896. The van der Waals surface area contributed by atoms with Crippen molar-refractivity contribution in [3.05, 3.63) is 35.7 Å². The van der Waals surface area contributed by atoms with Crippen LogP contribution >= 0.6 is 0 Å². The van der Waals surface area contributed by atoms with E-state index in [-0.39, 0.29) is 18.4 Å². The van der Waals surface area contributed by atoms with Crippen molar-refractivity contribution in [2.75, 3.05) is 26.7 Å². The lowest BCUT2D eigenvalue weighted by Gasteiger charge is -2.38. The smallest absolute Gasteiger partial charge is 0.410 e. The Labute approximate surface area is 163 Å². The maximum Gasteiger partial charge on any atom is 0.410 e. The van der Waals surface area contributed by atoms with Crippen molar-refractivity contribution < 1.29 is 18.8 Å². The number of ether oxygens (including phenoxy) is 1. The topological polar surface area (TPSA) is 88.8 Å². The maximum atomic E-state index is 12.7. The van der Waals surface area contributed by atoms with Crippen LogP contribution in [0, 0.1) is 6.92 Å². The van der Waals surface area contributed by atoms with Crippen LogP contribution in [0.4, 0.5) is 4.79 Å². The maximum absolute atomic E-state index is 12.7. The first kappa shape index (κ1) is 18.5. The number of nitrogens with zero attached hydrogens (tertiary/aromatic N) is 4. The van der Waals surface area contributed by atoms with Crippen molar-refractivity contribution in [2.24, 2.45) is 0 Å². The van der Waals surface area contributed by atoms with E-state index in [1.54, 1.807) is 16.8 Å². The molecule has 2 aromatic rings. The molecule has 2 aliphatic rings. The van der Waals surface area contributed by atoms with Crippen molar-refractivity contribution in [3.63, 3.8) is 0 Å². The molecule has 148 valence electrons. The summed E-state index contributed by atoms with van der Waals surface area (Å²) < 4.78 is 10.9. The molecule has 1 spiro atoms. The van der Waals surface area contributed by atoms with E-state index < -0.39 is 5.60 Å². The second kappa shape index (κ2) is 7.26. The molecule has 8 heteroatoms. The second-order valence-corrected chi connectivity index (χ2v) is 7.71. The van der Waals surface area contributed by atoms with E-state index in [0.29, 0.717) is 37.8 Å². The molecule has 4 rings (SSSR count). The Morgan fingerprint density at radius 3 is 2.93 bits per heavy atom. The van der Waals surface area contributed by atoms with E-state index in [9.17, 15) is 9.59 Å². The van der Waals surface area contributed by atoms with E-state index in [4.69, 9.17) is 9.26 Å². The summed E-state index contributed by atoms with van der Waals surface area (Å²) in [6.45, 7) is 3.66. The third kappa shape index (κ3) is 3.72. The molecule has 0 unspecified atom stereocenters. The molecule has 0 N–H and O–H groups in total. The summed E-state index contributed by atoms with van der Waals surface area (Å²) in [5.41, 5.74) is 1.45. The second-order valence-electron chi connectivity index (χ2n) is 7.71. The van der Waals surface area contributed by atoms with Crippen LogP contribution < -0.4 is 0 Å². The predicted molar refractivity (Wildman–Crippen MR) is 100 cm³/mol. The van der Waals surface area contributed by atoms with Crippen molar-refractivity contribution >= 4 is 12.0 Å². The summed E-state index contributed by atoms with van der Waals surface area (Å²) in [6, 6.07) is 7.88. The van der Waals surface area contributed by atoms with Crippen LogP contribution in [-0.4, -0.2) is 64.2 Å². The molecule has 28 heavy (non-hydrogen) atoms. The van der Waals surface area contributed by atoms with E-state index in [2.05, 4.69) is 10.1 Å². The van der Waals surface area contributed by atoms with Gasteiger partial charge in [0.15, 0.2) is 0 Å². The molecular formula is C20H24N4O4. The number of piperidine rings is 1. The van der Waals surface area contributed by atoms with Crippen LogP contribution in [0.15, 0.2) is 28.8 Å². The number of aromatic nitrogens is 2. The van der Waals surface area contributed by atoms with Crippen molar-refractivity contribution in [3.8, 4) is 11.4 Å². The van der Waals surface area contributed by atoms with Gasteiger partial charge in [0, 0.05) is 32.0 Å². The lowest BCUT2D eigenvalue weighted by molar-refractivity contribution is -0.136. The zero-order chi connectivity index (χ0) is 19.7. The number of carbonyl (C=O) groups is 2. The Kier molecular flexibility index (Phi) is 4.78. The number of amides is 2. The van der Waals surface area contributed by atoms with Crippen LogP contribution in [0.25, 0.3) is 11.4 Å². The number of hydrogen-bond donors (Lipinski definition) is 0. The number of hydrogen-bond acceptors (Lipinski definition) is 6. The Morgan fingerprint density at radius 1 is 1.32 bits per heavy atom. The van der Waals surface area contributed by atoms with Gasteiger partial charge in [-0.1, -0.05) is 28.9 Å². The highest BCUT2D eigenvalue weighted by Crippen LogP contribution is 2.31. The average molecular weight is 384 g/mol. The molecule has 2 aliphatic heterocycles. The number of likely N-dealkylation sites (tertiary alicyclic amines) is 1. The molecule has 1 atom stereocenters. The largest absolute Gasteiger partial charge is 0.439 e. The minimum atomic E-state index is -0.567. The molecule has 0 aliphatic carbocycles. The van der Waals surface area contributed by atoms with Crippen molar-refractivity contribution in [1.29, 1.82) is 0 Å². The fourth-order valence-corrected chi connectivity index (χ4v) is 3.95. The van der Waals surface area contributed by atoms with Crippen LogP contribution in [-0.2, 0) is 16.0 Å². The lowest BCUT2D eigenvalue weighted by atomic mass is 9.92. The average Bonchev–Trinajstić information content (AvgIpc) is 3.24. The summed E-state index contributed by atoms with van der Waals surface area (Å²) in [5.74, 6) is 0.993. The van der Waals surface area contributed by atoms with E-state index in [1.165, 1.54) is 0 Å². The first-order valence-electron chi connectivity index (χ1n) is 9.56. The van der Waals surface area contributed by atoms with Crippen LogP contribution in [0.5, 0.6) is 0 Å². The molecule has 1 aromatic carbocycles. The standard InChI is InChI=1S/C20H24N4O4/c1-14-5-3-6-15(11-14)18-21-16(28-22-18)7-8-17(25)24-10-4-9-20(13-24)12-23(2)19(26)27-20/h3,5-6,11H,4,7-10,12-13H2,1-2H3/t20-/m1/s1. The van der Waals surface area contributed by atoms with Crippen molar-refractivity contribution in [1.82, 2.24) is 19.9 Å². The van der Waals surface area contributed by atoms with E-state index in [0.717, 1.165) is 24.0 Å². The van der Waals surface area contributed by atoms with Crippen LogP contribution in [0.1, 0.15) is 30.7 Å². The quantitative estimate of drug-likeness (QED) is 0.804. The zero-order valence-corrected chi connectivity index (χ0v) is 16.2. The lowest BCUT2D eigenvalue weighted by Crippen LogP contribution is -2.52. The first-order valence-corrected chi connectivity index (χ1v) is 9.56. The Hall–Kier alpha value is -2.90. The molecule has 2 amide bonds. The predicted octanol–water partition coefficient (Wildman–Crippen LogP) is 2.42. The SMILES string of the molecule is Cc1cccc(-c2noc(CCC(=O)N3CCC[C@@]4(CN(C)C(=O)O4)C3)n2)c1. The molecule has 2 saturated heterocycles. The summed E-state index contributed by atoms with van der Waals surface area (Å²) in [5, 5.41) is 4.02. The highest BCUT2D eigenvalue weighted by atomic mass is 16.6. The fourth-order valence-electron chi connectivity index (χ4n) is 3.95. The minimum absolute atomic E-state index is 0.0139. The molecule has 2 fully saturated rings. The highest BCUT2D eigenvalue weighted by molar-refractivity contribution is 5.77. The van der Waals surface area contributed by atoms with Gasteiger partial charge in [0.1, 0.15) is 5.60 Å². The van der Waals surface area contributed by atoms with Gasteiger partial charge in [-0.15, -0.1) is 0 Å².